The molecule has 0 saturated carbocycles. The van der Waals surface area contributed by atoms with Crippen molar-refractivity contribution in [1.29, 1.82) is 0 Å². The monoisotopic (exact) mass is 339 g/mol. The SMILES string of the molecule is Cc1cccc(C[NH+]2CC[NH+](CC(=O)Nc3cccc(C)c3)CC2)c1. The lowest BCUT2D eigenvalue weighted by atomic mass is 10.1. The van der Waals surface area contributed by atoms with Gasteiger partial charge in [0.15, 0.2) is 6.54 Å². The molecule has 0 aliphatic carbocycles. The zero-order valence-electron chi connectivity index (χ0n) is 15.3. The molecule has 0 spiro atoms. The molecule has 1 heterocycles. The standard InChI is InChI=1S/C21H27N3O/c1-17-5-3-7-19(13-17)15-23-9-11-24(12-10-23)16-21(25)22-20-8-4-6-18(2)14-20/h3-8,13-14H,9-12,15-16H2,1-2H3,(H,22,25)/p+2. The predicted molar refractivity (Wildman–Crippen MR) is 101 cm³/mol. The van der Waals surface area contributed by atoms with E-state index in [1.54, 1.807) is 4.90 Å². The summed E-state index contributed by atoms with van der Waals surface area (Å²) in [6.07, 6.45) is 0. The minimum Gasteiger partial charge on any atom is -0.322 e. The molecule has 1 fully saturated rings. The van der Waals surface area contributed by atoms with E-state index in [1.807, 2.05) is 31.2 Å². The zero-order valence-corrected chi connectivity index (χ0v) is 15.3. The number of nitrogens with one attached hydrogen (secondary N) is 3. The van der Waals surface area contributed by atoms with Gasteiger partial charge in [-0.05, 0) is 31.5 Å². The van der Waals surface area contributed by atoms with Crippen molar-refractivity contribution in [3.8, 4) is 0 Å². The van der Waals surface area contributed by atoms with Crippen molar-refractivity contribution in [2.24, 2.45) is 0 Å². The summed E-state index contributed by atoms with van der Waals surface area (Å²) in [7, 11) is 0. The van der Waals surface area contributed by atoms with E-state index in [1.165, 1.54) is 21.6 Å². The lowest BCUT2D eigenvalue weighted by Crippen LogP contribution is -3.28. The molecule has 3 N–H and O–H groups in total. The van der Waals surface area contributed by atoms with Crippen molar-refractivity contribution < 1.29 is 14.6 Å². The average molecular weight is 339 g/mol. The van der Waals surface area contributed by atoms with Gasteiger partial charge in [0.1, 0.15) is 32.7 Å². The highest BCUT2D eigenvalue weighted by molar-refractivity contribution is 5.91. The van der Waals surface area contributed by atoms with Crippen molar-refractivity contribution in [3.63, 3.8) is 0 Å². The molecule has 0 bridgehead atoms. The van der Waals surface area contributed by atoms with E-state index in [-0.39, 0.29) is 5.91 Å². The summed E-state index contributed by atoms with van der Waals surface area (Å²) < 4.78 is 0. The normalized spacial score (nSPS) is 20.2. The Hall–Kier alpha value is -2.17. The second-order valence-electron chi connectivity index (χ2n) is 7.26. The number of rotatable bonds is 5. The molecule has 0 unspecified atom stereocenters. The van der Waals surface area contributed by atoms with E-state index in [0.29, 0.717) is 6.54 Å². The molecule has 0 atom stereocenters. The summed E-state index contributed by atoms with van der Waals surface area (Å²) >= 11 is 0. The highest BCUT2D eigenvalue weighted by Gasteiger charge is 2.24. The number of benzene rings is 2. The third-order valence-electron chi connectivity index (χ3n) is 4.91. The van der Waals surface area contributed by atoms with Crippen LogP contribution < -0.4 is 15.1 Å². The minimum atomic E-state index is 0.114. The van der Waals surface area contributed by atoms with Crippen LogP contribution in [-0.2, 0) is 11.3 Å². The second kappa shape index (κ2) is 8.28. The van der Waals surface area contributed by atoms with E-state index in [4.69, 9.17) is 0 Å². The molecule has 1 amide bonds. The van der Waals surface area contributed by atoms with E-state index < -0.39 is 0 Å². The Labute approximate surface area is 150 Å². The lowest BCUT2D eigenvalue weighted by molar-refractivity contribution is -1.02. The van der Waals surface area contributed by atoms with Crippen LogP contribution in [0.1, 0.15) is 16.7 Å². The molecular formula is C21H29N3O+2. The number of piperazine rings is 1. The molecular weight excluding hydrogens is 310 g/mol. The van der Waals surface area contributed by atoms with Gasteiger partial charge in [0.05, 0.1) is 0 Å². The van der Waals surface area contributed by atoms with Gasteiger partial charge < -0.3 is 15.1 Å². The number of carbonyl (C=O) groups excluding carboxylic acids is 1. The number of aryl methyl sites for hydroxylation is 2. The molecule has 0 aromatic heterocycles. The van der Waals surface area contributed by atoms with E-state index in [2.05, 4.69) is 36.5 Å². The Kier molecular flexibility index (Phi) is 5.84. The van der Waals surface area contributed by atoms with E-state index in [0.717, 1.165) is 38.4 Å². The number of quaternary nitrogens is 2. The number of anilines is 1. The molecule has 4 nitrogen and oxygen atoms in total. The van der Waals surface area contributed by atoms with Crippen molar-refractivity contribution in [2.45, 2.75) is 20.4 Å². The highest BCUT2D eigenvalue weighted by Crippen LogP contribution is 2.08. The van der Waals surface area contributed by atoms with Gasteiger partial charge in [-0.1, -0.05) is 42.0 Å². The average Bonchev–Trinajstić information content (AvgIpc) is 2.57. The summed E-state index contributed by atoms with van der Waals surface area (Å²) in [5, 5.41) is 3.02. The van der Waals surface area contributed by atoms with Crippen LogP contribution in [0.15, 0.2) is 48.5 Å². The van der Waals surface area contributed by atoms with E-state index >= 15 is 0 Å². The van der Waals surface area contributed by atoms with Gasteiger partial charge in [0.25, 0.3) is 5.91 Å². The minimum absolute atomic E-state index is 0.114. The fourth-order valence-corrected chi connectivity index (χ4v) is 3.58. The third-order valence-corrected chi connectivity index (χ3v) is 4.91. The van der Waals surface area contributed by atoms with Crippen LogP contribution in [0.25, 0.3) is 0 Å². The maximum atomic E-state index is 12.3. The maximum absolute atomic E-state index is 12.3. The zero-order chi connectivity index (χ0) is 17.6. The predicted octanol–water partition coefficient (Wildman–Crippen LogP) is 0.226. The first kappa shape index (κ1) is 17.6. The van der Waals surface area contributed by atoms with Gasteiger partial charge in [-0.3, -0.25) is 4.79 Å². The van der Waals surface area contributed by atoms with Crippen molar-refractivity contribution in [2.75, 3.05) is 38.0 Å². The van der Waals surface area contributed by atoms with Gasteiger partial charge >= 0.3 is 0 Å². The fraction of sp³-hybridized carbons (Fsp3) is 0.381. The number of amides is 1. The molecule has 3 rings (SSSR count). The quantitative estimate of drug-likeness (QED) is 0.717. The van der Waals surface area contributed by atoms with Gasteiger partial charge in [0.2, 0.25) is 0 Å². The van der Waals surface area contributed by atoms with Crippen LogP contribution in [0.2, 0.25) is 0 Å². The number of hydrogen-bond donors (Lipinski definition) is 3. The first-order chi connectivity index (χ1) is 12.1. The molecule has 1 aliphatic heterocycles. The van der Waals surface area contributed by atoms with Crippen LogP contribution in [0.3, 0.4) is 0 Å². The third kappa shape index (κ3) is 5.41. The molecule has 132 valence electrons. The fourth-order valence-electron chi connectivity index (χ4n) is 3.58. The topological polar surface area (TPSA) is 38.0 Å². The van der Waals surface area contributed by atoms with E-state index in [9.17, 15) is 4.79 Å². The first-order valence-corrected chi connectivity index (χ1v) is 9.18. The van der Waals surface area contributed by atoms with Crippen LogP contribution in [0.4, 0.5) is 5.69 Å². The number of hydrogen-bond acceptors (Lipinski definition) is 1. The van der Waals surface area contributed by atoms with Gasteiger partial charge in [0, 0.05) is 11.3 Å². The molecule has 25 heavy (non-hydrogen) atoms. The van der Waals surface area contributed by atoms with Gasteiger partial charge in [-0.15, -0.1) is 0 Å². The summed E-state index contributed by atoms with van der Waals surface area (Å²) in [5.74, 6) is 0.114. The van der Waals surface area contributed by atoms with Crippen LogP contribution in [0.5, 0.6) is 0 Å². The molecule has 0 radical (unpaired) electrons. The van der Waals surface area contributed by atoms with Crippen molar-refractivity contribution >= 4 is 11.6 Å². The Morgan fingerprint density at radius 2 is 1.56 bits per heavy atom. The molecule has 4 heteroatoms. The maximum Gasteiger partial charge on any atom is 0.279 e. The van der Waals surface area contributed by atoms with Crippen molar-refractivity contribution in [1.82, 2.24) is 0 Å². The largest absolute Gasteiger partial charge is 0.322 e. The summed E-state index contributed by atoms with van der Waals surface area (Å²) in [6, 6.07) is 16.8. The lowest BCUT2D eigenvalue weighted by Gasteiger charge is -2.29. The Morgan fingerprint density at radius 1 is 0.920 bits per heavy atom. The first-order valence-electron chi connectivity index (χ1n) is 9.18. The molecule has 1 saturated heterocycles. The van der Waals surface area contributed by atoms with Gasteiger partial charge in [-0.25, -0.2) is 0 Å². The molecule has 2 aromatic rings. The summed E-state index contributed by atoms with van der Waals surface area (Å²) in [6.45, 7) is 10.2. The summed E-state index contributed by atoms with van der Waals surface area (Å²) in [4.78, 5) is 15.3. The summed E-state index contributed by atoms with van der Waals surface area (Å²) in [5.41, 5.74) is 4.80. The number of carbonyl (C=O) groups is 1. The Balaban J connectivity index is 1.43. The molecule has 2 aromatic carbocycles. The van der Waals surface area contributed by atoms with Crippen LogP contribution in [0, 0.1) is 13.8 Å². The smallest absolute Gasteiger partial charge is 0.279 e. The Morgan fingerprint density at radius 3 is 2.24 bits per heavy atom. The van der Waals surface area contributed by atoms with Gasteiger partial charge in [-0.2, -0.15) is 0 Å². The molecule has 1 aliphatic rings. The second-order valence-corrected chi connectivity index (χ2v) is 7.26. The van der Waals surface area contributed by atoms with Crippen LogP contribution >= 0.6 is 0 Å². The Bertz CT molecular complexity index is 721. The van der Waals surface area contributed by atoms with Crippen molar-refractivity contribution in [3.05, 3.63) is 65.2 Å². The highest BCUT2D eigenvalue weighted by atomic mass is 16.2. The van der Waals surface area contributed by atoms with Crippen LogP contribution in [-0.4, -0.2) is 38.6 Å².